The van der Waals surface area contributed by atoms with Crippen LogP contribution < -0.4 is 5.56 Å². The maximum absolute atomic E-state index is 11.9. The highest BCUT2D eigenvalue weighted by atomic mass is 35.5. The molecule has 1 aromatic rings. The highest BCUT2D eigenvalue weighted by Gasteiger charge is 2.19. The molecule has 1 aliphatic rings. The quantitative estimate of drug-likeness (QED) is 0.726. The molecule has 0 bridgehead atoms. The molecule has 0 saturated heterocycles. The first-order valence-electron chi connectivity index (χ1n) is 5.10. The second-order valence-electron chi connectivity index (χ2n) is 3.85. The van der Waals surface area contributed by atoms with E-state index in [1.54, 1.807) is 16.8 Å². The van der Waals surface area contributed by atoms with Gasteiger partial charge in [-0.3, -0.25) is 9.59 Å². The number of hydrogen-bond acceptors (Lipinski definition) is 2. The molecule has 0 N–H and O–H groups in total. The lowest BCUT2D eigenvalue weighted by atomic mass is 10.2. The number of carbonyl (C=O) groups is 1. The van der Waals surface area contributed by atoms with Gasteiger partial charge in [0.05, 0.1) is 10.6 Å². The minimum Gasteiger partial charge on any atom is -0.312 e. The van der Waals surface area contributed by atoms with E-state index in [2.05, 4.69) is 0 Å². The predicted molar refractivity (Wildman–Crippen MR) is 58.6 cm³/mol. The Hall–Kier alpha value is -1.09. The van der Waals surface area contributed by atoms with Gasteiger partial charge >= 0.3 is 0 Å². The first-order valence-corrected chi connectivity index (χ1v) is 5.47. The van der Waals surface area contributed by atoms with Crippen LogP contribution in [0.5, 0.6) is 0 Å². The molecule has 0 aliphatic heterocycles. The molecule has 0 spiro atoms. The van der Waals surface area contributed by atoms with Gasteiger partial charge in [-0.15, -0.1) is 0 Å². The van der Waals surface area contributed by atoms with Gasteiger partial charge in [0.15, 0.2) is 6.29 Å². The zero-order valence-corrected chi connectivity index (χ0v) is 9.04. The topological polar surface area (TPSA) is 39.1 Å². The van der Waals surface area contributed by atoms with Crippen molar-refractivity contribution in [1.29, 1.82) is 0 Å². The number of carbonyl (C=O) groups excluding carboxylic acids is 1. The van der Waals surface area contributed by atoms with Crippen LogP contribution in [0.15, 0.2) is 17.1 Å². The molecule has 3 nitrogen and oxygen atoms in total. The minimum atomic E-state index is -0.260. The second-order valence-corrected chi connectivity index (χ2v) is 4.25. The zero-order valence-electron chi connectivity index (χ0n) is 8.28. The van der Waals surface area contributed by atoms with E-state index in [0.717, 1.165) is 25.7 Å². The molecule has 1 aliphatic carbocycles. The molecule has 2 rings (SSSR count). The molecule has 0 aromatic carbocycles. The molecule has 4 heteroatoms. The Morgan fingerprint density at radius 2 is 2.07 bits per heavy atom. The summed E-state index contributed by atoms with van der Waals surface area (Å²) in [5.74, 6) is 0. The van der Waals surface area contributed by atoms with E-state index in [0.29, 0.717) is 6.29 Å². The molecule has 1 aromatic heterocycles. The number of halogens is 1. The average Bonchev–Trinajstić information content (AvgIpc) is 2.71. The number of aromatic nitrogens is 1. The fourth-order valence-corrected chi connectivity index (χ4v) is 2.30. The highest BCUT2D eigenvalue weighted by molar-refractivity contribution is 6.32. The number of rotatable bonds is 2. The van der Waals surface area contributed by atoms with Crippen molar-refractivity contribution in [2.45, 2.75) is 31.7 Å². The fourth-order valence-electron chi connectivity index (χ4n) is 2.12. The van der Waals surface area contributed by atoms with Gasteiger partial charge in [-0.2, -0.15) is 0 Å². The van der Waals surface area contributed by atoms with Gasteiger partial charge in [0, 0.05) is 12.2 Å². The largest absolute Gasteiger partial charge is 0.312 e. The van der Waals surface area contributed by atoms with Crippen molar-refractivity contribution in [2.75, 3.05) is 0 Å². The SMILES string of the molecule is O=Cc1c(Cl)ccn(C2CCCC2)c1=O. The Balaban J connectivity index is 2.48. The third-order valence-corrected chi connectivity index (χ3v) is 3.27. The monoisotopic (exact) mass is 225 g/mol. The van der Waals surface area contributed by atoms with Crippen LogP contribution in [0.1, 0.15) is 42.1 Å². The first-order chi connectivity index (χ1) is 7.24. The molecule has 80 valence electrons. The Morgan fingerprint density at radius 1 is 1.40 bits per heavy atom. The lowest BCUT2D eigenvalue weighted by Crippen LogP contribution is -2.26. The van der Waals surface area contributed by atoms with E-state index in [1.807, 2.05) is 0 Å². The third kappa shape index (κ3) is 1.84. The van der Waals surface area contributed by atoms with Crippen molar-refractivity contribution in [3.8, 4) is 0 Å². The maximum Gasteiger partial charge on any atom is 0.262 e. The lowest BCUT2D eigenvalue weighted by Gasteiger charge is -2.13. The van der Waals surface area contributed by atoms with Gasteiger partial charge in [-0.05, 0) is 18.9 Å². The van der Waals surface area contributed by atoms with Crippen molar-refractivity contribution in [3.63, 3.8) is 0 Å². The van der Waals surface area contributed by atoms with E-state index >= 15 is 0 Å². The van der Waals surface area contributed by atoms with E-state index < -0.39 is 0 Å². The summed E-state index contributed by atoms with van der Waals surface area (Å²) in [6.45, 7) is 0. The molecular weight excluding hydrogens is 214 g/mol. The summed E-state index contributed by atoms with van der Waals surface area (Å²) in [7, 11) is 0. The molecule has 1 saturated carbocycles. The van der Waals surface area contributed by atoms with Crippen LogP contribution in [0, 0.1) is 0 Å². The molecule has 0 radical (unpaired) electrons. The van der Waals surface area contributed by atoms with E-state index in [-0.39, 0.29) is 22.2 Å². The van der Waals surface area contributed by atoms with Gasteiger partial charge in [-0.25, -0.2) is 0 Å². The van der Waals surface area contributed by atoms with Crippen LogP contribution in [-0.4, -0.2) is 10.9 Å². The van der Waals surface area contributed by atoms with Gasteiger partial charge in [0.1, 0.15) is 0 Å². The fraction of sp³-hybridized carbons (Fsp3) is 0.455. The number of nitrogens with zero attached hydrogens (tertiary/aromatic N) is 1. The first kappa shape index (κ1) is 10.4. The number of hydrogen-bond donors (Lipinski definition) is 0. The standard InChI is InChI=1S/C11H12ClNO2/c12-10-5-6-13(8-3-1-2-4-8)11(15)9(10)7-14/h5-8H,1-4H2. The van der Waals surface area contributed by atoms with Crippen LogP contribution in [0.4, 0.5) is 0 Å². The van der Waals surface area contributed by atoms with Crippen molar-refractivity contribution in [2.24, 2.45) is 0 Å². The van der Waals surface area contributed by atoms with Gasteiger partial charge < -0.3 is 4.57 Å². The lowest BCUT2D eigenvalue weighted by molar-refractivity contribution is 0.112. The van der Waals surface area contributed by atoms with Crippen molar-refractivity contribution < 1.29 is 4.79 Å². The Kier molecular flexibility index (Phi) is 2.91. The number of pyridine rings is 1. The van der Waals surface area contributed by atoms with E-state index in [9.17, 15) is 9.59 Å². The highest BCUT2D eigenvalue weighted by Crippen LogP contribution is 2.28. The van der Waals surface area contributed by atoms with Crippen LogP contribution in [0.2, 0.25) is 5.02 Å². The van der Waals surface area contributed by atoms with Crippen molar-refractivity contribution in [1.82, 2.24) is 4.57 Å². The van der Waals surface area contributed by atoms with Crippen molar-refractivity contribution in [3.05, 3.63) is 33.2 Å². The van der Waals surface area contributed by atoms with E-state index in [1.165, 1.54) is 0 Å². The molecule has 0 amide bonds. The van der Waals surface area contributed by atoms with Crippen LogP contribution >= 0.6 is 11.6 Å². The number of aldehydes is 1. The maximum atomic E-state index is 11.9. The predicted octanol–water partition coefficient (Wildman–Crippen LogP) is 2.43. The molecule has 0 atom stereocenters. The molecule has 1 heterocycles. The molecule has 1 fully saturated rings. The second kappa shape index (κ2) is 4.19. The Bertz CT molecular complexity index is 433. The van der Waals surface area contributed by atoms with Crippen LogP contribution in [-0.2, 0) is 0 Å². The van der Waals surface area contributed by atoms with Crippen molar-refractivity contribution >= 4 is 17.9 Å². The smallest absolute Gasteiger partial charge is 0.262 e. The zero-order chi connectivity index (χ0) is 10.8. The van der Waals surface area contributed by atoms with Gasteiger partial charge in [0.2, 0.25) is 0 Å². The van der Waals surface area contributed by atoms with Crippen LogP contribution in [0.3, 0.4) is 0 Å². The van der Waals surface area contributed by atoms with E-state index in [4.69, 9.17) is 11.6 Å². The molecule has 15 heavy (non-hydrogen) atoms. The summed E-state index contributed by atoms with van der Waals surface area (Å²) in [5, 5.41) is 0.240. The summed E-state index contributed by atoms with van der Waals surface area (Å²) >= 11 is 5.76. The van der Waals surface area contributed by atoms with Crippen LogP contribution in [0.25, 0.3) is 0 Å². The summed E-state index contributed by atoms with van der Waals surface area (Å²) in [6, 6.07) is 1.86. The summed E-state index contributed by atoms with van der Waals surface area (Å²) in [6.07, 6.45) is 6.55. The molecular formula is C11H12ClNO2. The summed E-state index contributed by atoms with van der Waals surface area (Å²) in [5.41, 5.74) is -0.185. The Labute approximate surface area is 92.7 Å². The Morgan fingerprint density at radius 3 is 2.67 bits per heavy atom. The third-order valence-electron chi connectivity index (χ3n) is 2.94. The summed E-state index contributed by atoms with van der Waals surface area (Å²) in [4.78, 5) is 22.6. The van der Waals surface area contributed by atoms with Gasteiger partial charge in [-0.1, -0.05) is 24.4 Å². The minimum absolute atomic E-state index is 0.0751. The van der Waals surface area contributed by atoms with Gasteiger partial charge in [0.25, 0.3) is 5.56 Å². The normalized spacial score (nSPS) is 16.9. The summed E-state index contributed by atoms with van der Waals surface area (Å²) < 4.78 is 1.64. The molecule has 0 unspecified atom stereocenters. The average molecular weight is 226 g/mol.